The molecule has 0 unspecified atom stereocenters. The van der Waals surface area contributed by atoms with E-state index in [1.165, 1.54) is 6.08 Å². The number of rotatable bonds is 11. The van der Waals surface area contributed by atoms with Crippen molar-refractivity contribution in [2.45, 2.75) is 20.4 Å². The number of halogens is 1. The number of carbonyl (C=O) groups excluding carboxylic acids is 1. The van der Waals surface area contributed by atoms with Gasteiger partial charge in [-0.05, 0) is 51.0 Å². The molecule has 1 aliphatic rings. The fourth-order valence-electron chi connectivity index (χ4n) is 4.22. The van der Waals surface area contributed by atoms with Crippen LogP contribution in [0.15, 0.2) is 60.8 Å². The van der Waals surface area contributed by atoms with Crippen LogP contribution in [0.4, 0.5) is 28.8 Å². The van der Waals surface area contributed by atoms with Gasteiger partial charge in [0.1, 0.15) is 10.8 Å². The normalized spacial score (nSPS) is 13.5. The van der Waals surface area contributed by atoms with Gasteiger partial charge >= 0.3 is 0 Å². The van der Waals surface area contributed by atoms with Crippen LogP contribution in [0.25, 0.3) is 0 Å². The van der Waals surface area contributed by atoms with E-state index >= 15 is 0 Å². The van der Waals surface area contributed by atoms with Crippen molar-refractivity contribution in [1.82, 2.24) is 19.8 Å². The number of nitrogens with zero attached hydrogens (tertiary/aromatic N) is 5. The highest BCUT2D eigenvalue weighted by molar-refractivity contribution is 6.32. The smallest absolute Gasteiger partial charge is 0.248 e. The highest BCUT2D eigenvalue weighted by Gasteiger charge is 2.16. The van der Waals surface area contributed by atoms with Crippen molar-refractivity contribution in [3.05, 3.63) is 71.4 Å². The van der Waals surface area contributed by atoms with Crippen LogP contribution in [0.1, 0.15) is 19.4 Å². The van der Waals surface area contributed by atoms with Gasteiger partial charge in [-0.2, -0.15) is 4.98 Å². The zero-order chi connectivity index (χ0) is 30.5. The largest absolute Gasteiger partial charge is 0.494 e. The van der Waals surface area contributed by atoms with Gasteiger partial charge in [-0.3, -0.25) is 4.79 Å². The van der Waals surface area contributed by atoms with E-state index in [4.69, 9.17) is 16.3 Å². The first-order chi connectivity index (χ1) is 20.3. The standard InChI is InChI=1S/C29H37ClN8O2.C2H6/c1-36(2)12-6-9-27(39)33-22-8-5-7-21(17-22)19-31-28-24(30)20-32-29(35-28)34-25-11-10-23(18-26(25)40-4)38-15-13-37(3)14-16-38;1-2/h5-11,17-18,20H,12-16,19H2,1-4H3,(H,33,39)(H2,31,32,34,35);1-2H3/b9-6+;. The molecule has 42 heavy (non-hydrogen) atoms. The van der Waals surface area contributed by atoms with Gasteiger partial charge in [0.05, 0.1) is 19.0 Å². The summed E-state index contributed by atoms with van der Waals surface area (Å²) >= 11 is 6.39. The predicted octanol–water partition coefficient (Wildman–Crippen LogP) is 5.33. The molecule has 3 N–H and O–H groups in total. The van der Waals surface area contributed by atoms with Crippen molar-refractivity contribution in [2.24, 2.45) is 0 Å². The summed E-state index contributed by atoms with van der Waals surface area (Å²) in [6.45, 7) is 9.17. The second kappa shape index (κ2) is 16.5. The Morgan fingerprint density at radius 1 is 1.12 bits per heavy atom. The minimum atomic E-state index is -0.173. The summed E-state index contributed by atoms with van der Waals surface area (Å²) < 4.78 is 5.67. The van der Waals surface area contributed by atoms with E-state index in [9.17, 15) is 4.79 Å². The van der Waals surface area contributed by atoms with E-state index in [1.807, 2.05) is 75.3 Å². The maximum atomic E-state index is 12.2. The van der Waals surface area contributed by atoms with Crippen LogP contribution in [0.5, 0.6) is 5.75 Å². The topological polar surface area (TPSA) is 97.9 Å². The van der Waals surface area contributed by atoms with Crippen LogP contribution >= 0.6 is 11.6 Å². The summed E-state index contributed by atoms with van der Waals surface area (Å²) in [5, 5.41) is 9.81. The fourth-order valence-corrected chi connectivity index (χ4v) is 4.37. The van der Waals surface area contributed by atoms with Crippen molar-refractivity contribution < 1.29 is 9.53 Å². The van der Waals surface area contributed by atoms with Gasteiger partial charge in [0.25, 0.3) is 0 Å². The van der Waals surface area contributed by atoms with Crippen LogP contribution in [0, 0.1) is 0 Å². The van der Waals surface area contributed by atoms with E-state index in [-0.39, 0.29) is 5.91 Å². The molecule has 0 aliphatic carbocycles. The minimum Gasteiger partial charge on any atom is -0.494 e. The third-order valence-corrected chi connectivity index (χ3v) is 6.71. The number of carbonyl (C=O) groups is 1. The lowest BCUT2D eigenvalue weighted by molar-refractivity contribution is -0.111. The maximum absolute atomic E-state index is 12.2. The molecule has 3 aromatic rings. The summed E-state index contributed by atoms with van der Waals surface area (Å²) in [5.74, 6) is 1.42. The summed E-state index contributed by atoms with van der Waals surface area (Å²) in [7, 11) is 7.70. The molecule has 1 saturated heterocycles. The minimum absolute atomic E-state index is 0.173. The van der Waals surface area contributed by atoms with Crippen molar-refractivity contribution in [2.75, 3.05) is 81.8 Å². The first kappa shape index (κ1) is 32.7. The molecule has 11 heteroatoms. The zero-order valence-corrected chi connectivity index (χ0v) is 26.2. The molecule has 1 aromatic heterocycles. The Labute approximate surface area is 254 Å². The Hall–Kier alpha value is -3.86. The summed E-state index contributed by atoms with van der Waals surface area (Å²) in [4.78, 5) is 27.8. The third-order valence-electron chi connectivity index (χ3n) is 6.44. The van der Waals surface area contributed by atoms with Crippen molar-refractivity contribution >= 4 is 46.3 Å². The number of ether oxygens (including phenoxy) is 1. The van der Waals surface area contributed by atoms with E-state index in [2.05, 4.69) is 48.8 Å². The summed E-state index contributed by atoms with van der Waals surface area (Å²) in [6, 6.07) is 13.7. The van der Waals surface area contributed by atoms with Gasteiger partial charge in [-0.25, -0.2) is 4.98 Å². The Kier molecular flexibility index (Phi) is 12.9. The molecule has 2 aromatic carbocycles. The number of aromatic nitrogens is 2. The number of anilines is 5. The molecule has 226 valence electrons. The van der Waals surface area contributed by atoms with Crippen molar-refractivity contribution in [3.63, 3.8) is 0 Å². The van der Waals surface area contributed by atoms with E-state index < -0.39 is 0 Å². The van der Waals surface area contributed by atoms with Crippen LogP contribution in [-0.2, 0) is 11.3 Å². The van der Waals surface area contributed by atoms with Crippen molar-refractivity contribution in [1.29, 1.82) is 0 Å². The molecule has 1 aliphatic heterocycles. The number of amides is 1. The molecular weight excluding hydrogens is 552 g/mol. The number of likely N-dealkylation sites (N-methyl/N-ethyl adjacent to an activating group) is 2. The number of hydrogen-bond donors (Lipinski definition) is 3. The van der Waals surface area contributed by atoms with Crippen LogP contribution in [-0.4, -0.2) is 86.7 Å². The van der Waals surface area contributed by atoms with Crippen LogP contribution in [0.3, 0.4) is 0 Å². The molecule has 2 heterocycles. The van der Waals surface area contributed by atoms with E-state index in [1.54, 1.807) is 13.3 Å². The molecule has 1 fully saturated rings. The number of nitrogens with one attached hydrogen (secondary N) is 3. The van der Waals surface area contributed by atoms with Gasteiger partial charge in [-0.1, -0.05) is 43.7 Å². The van der Waals surface area contributed by atoms with Crippen molar-refractivity contribution in [3.8, 4) is 5.75 Å². The van der Waals surface area contributed by atoms with Crippen LogP contribution < -0.4 is 25.6 Å². The SMILES string of the molecule is CC.COc1cc(N2CCN(C)CC2)ccc1Nc1ncc(Cl)c(NCc2cccc(NC(=O)/C=C/CN(C)C)c2)n1. The molecule has 1 amide bonds. The Morgan fingerprint density at radius 2 is 1.88 bits per heavy atom. The second-order valence-corrected chi connectivity index (χ2v) is 10.3. The molecule has 10 nitrogen and oxygen atoms in total. The number of benzene rings is 2. The number of methoxy groups -OCH3 is 1. The Bertz CT molecular complexity index is 1330. The average Bonchev–Trinajstić information content (AvgIpc) is 2.99. The lowest BCUT2D eigenvalue weighted by atomic mass is 10.2. The monoisotopic (exact) mass is 594 g/mol. The summed E-state index contributed by atoms with van der Waals surface area (Å²) in [5.41, 5.74) is 3.55. The quantitative estimate of drug-likeness (QED) is 0.255. The molecule has 0 atom stereocenters. The lowest BCUT2D eigenvalue weighted by Crippen LogP contribution is -2.44. The van der Waals surface area contributed by atoms with Crippen LogP contribution in [0.2, 0.25) is 5.02 Å². The molecule has 0 saturated carbocycles. The number of piperazine rings is 1. The predicted molar refractivity (Wildman–Crippen MR) is 174 cm³/mol. The van der Waals surface area contributed by atoms with Gasteiger partial charge in [0, 0.05) is 62.8 Å². The van der Waals surface area contributed by atoms with Gasteiger partial charge < -0.3 is 35.4 Å². The second-order valence-electron chi connectivity index (χ2n) is 9.90. The first-order valence-electron chi connectivity index (χ1n) is 14.2. The fraction of sp³-hybridized carbons (Fsp3) is 0.387. The molecule has 4 rings (SSSR count). The molecular formula is C31H43ClN8O2. The number of hydrogen-bond acceptors (Lipinski definition) is 9. The Morgan fingerprint density at radius 3 is 2.60 bits per heavy atom. The highest BCUT2D eigenvalue weighted by atomic mass is 35.5. The van der Waals surface area contributed by atoms with Gasteiger partial charge in [-0.15, -0.1) is 0 Å². The molecule has 0 bridgehead atoms. The first-order valence-corrected chi connectivity index (χ1v) is 14.5. The summed E-state index contributed by atoms with van der Waals surface area (Å²) in [6.07, 6.45) is 4.91. The van der Waals surface area contributed by atoms with E-state index in [0.717, 1.165) is 43.1 Å². The van der Waals surface area contributed by atoms with E-state index in [0.29, 0.717) is 41.3 Å². The molecule has 0 radical (unpaired) electrons. The van der Waals surface area contributed by atoms with Gasteiger partial charge in [0.15, 0.2) is 5.82 Å². The molecule has 0 spiro atoms. The lowest BCUT2D eigenvalue weighted by Gasteiger charge is -2.34. The Balaban J connectivity index is 0.00000237. The average molecular weight is 595 g/mol. The maximum Gasteiger partial charge on any atom is 0.248 e. The zero-order valence-electron chi connectivity index (χ0n) is 25.4. The highest BCUT2D eigenvalue weighted by Crippen LogP contribution is 2.32. The van der Waals surface area contributed by atoms with Gasteiger partial charge in [0.2, 0.25) is 11.9 Å². The third kappa shape index (κ3) is 9.90.